The Morgan fingerprint density at radius 1 is 1.44 bits per heavy atom. The number of halogens is 1. The van der Waals surface area contributed by atoms with Crippen LogP contribution in [0.25, 0.3) is 0 Å². The summed E-state index contributed by atoms with van der Waals surface area (Å²) in [4.78, 5) is 0. The summed E-state index contributed by atoms with van der Waals surface area (Å²) in [6, 6.07) is 6.60. The molecule has 0 amide bonds. The minimum absolute atomic E-state index is 0.449. The molecule has 16 heavy (non-hydrogen) atoms. The molecule has 0 aromatic heterocycles. The maximum Gasteiger partial charge on any atom is 0.0601 e. The van der Waals surface area contributed by atoms with Gasteiger partial charge < -0.3 is 15.8 Å². The van der Waals surface area contributed by atoms with Gasteiger partial charge in [-0.3, -0.25) is 0 Å². The lowest BCUT2D eigenvalue weighted by Gasteiger charge is -2.34. The van der Waals surface area contributed by atoms with Crippen LogP contribution in [0.5, 0.6) is 0 Å². The number of ether oxygens (including phenoxy) is 1. The van der Waals surface area contributed by atoms with Gasteiger partial charge in [0, 0.05) is 29.9 Å². The van der Waals surface area contributed by atoms with Crippen LogP contribution in [0.4, 0.5) is 5.69 Å². The summed E-state index contributed by atoms with van der Waals surface area (Å²) in [5.41, 5.74) is 7.79. The summed E-state index contributed by atoms with van der Waals surface area (Å²) in [6.45, 7) is 0.866. The topological polar surface area (TPSA) is 47.3 Å². The fourth-order valence-corrected chi connectivity index (χ4v) is 2.52. The van der Waals surface area contributed by atoms with Crippen LogP contribution in [0.2, 0.25) is 0 Å². The van der Waals surface area contributed by atoms with Crippen LogP contribution in [0, 0.1) is 0 Å². The van der Waals surface area contributed by atoms with E-state index in [9.17, 15) is 0 Å². The van der Waals surface area contributed by atoms with Crippen LogP contribution in [0.15, 0.2) is 22.7 Å². The summed E-state index contributed by atoms with van der Waals surface area (Å²) in [7, 11) is 1.77. The monoisotopic (exact) mass is 284 g/mol. The Morgan fingerprint density at radius 2 is 2.19 bits per heavy atom. The minimum Gasteiger partial charge on any atom is -0.399 e. The van der Waals surface area contributed by atoms with Crippen LogP contribution in [-0.4, -0.2) is 19.3 Å². The summed E-state index contributed by atoms with van der Waals surface area (Å²) < 4.78 is 6.27. The molecular weight excluding hydrogens is 268 g/mol. The number of methoxy groups -OCH3 is 1. The Balaban J connectivity index is 1.81. The molecule has 3 nitrogen and oxygen atoms in total. The van der Waals surface area contributed by atoms with Crippen molar-refractivity contribution < 1.29 is 4.74 Å². The van der Waals surface area contributed by atoms with Crippen molar-refractivity contribution in [3.63, 3.8) is 0 Å². The van der Waals surface area contributed by atoms with Gasteiger partial charge in [-0.15, -0.1) is 0 Å². The smallest absolute Gasteiger partial charge is 0.0601 e. The predicted molar refractivity (Wildman–Crippen MR) is 69.2 cm³/mol. The number of rotatable bonds is 4. The van der Waals surface area contributed by atoms with Crippen molar-refractivity contribution in [3.05, 3.63) is 28.2 Å². The lowest BCUT2D eigenvalue weighted by molar-refractivity contribution is 0.0170. The third-order valence-electron chi connectivity index (χ3n) is 3.00. The molecule has 1 fully saturated rings. The van der Waals surface area contributed by atoms with Gasteiger partial charge in [0.15, 0.2) is 0 Å². The van der Waals surface area contributed by atoms with Crippen LogP contribution < -0.4 is 11.1 Å². The Hall–Kier alpha value is -0.580. The molecule has 1 aromatic carbocycles. The maximum atomic E-state index is 5.78. The predicted octanol–water partition coefficient (Wildman–Crippen LogP) is 2.30. The van der Waals surface area contributed by atoms with Gasteiger partial charge in [0.05, 0.1) is 6.10 Å². The number of hydrogen-bond donors (Lipinski definition) is 2. The molecule has 4 heteroatoms. The average Bonchev–Trinajstić information content (AvgIpc) is 2.14. The molecule has 0 aliphatic heterocycles. The largest absolute Gasteiger partial charge is 0.399 e. The summed E-state index contributed by atoms with van der Waals surface area (Å²) >= 11 is 3.44. The van der Waals surface area contributed by atoms with Crippen LogP contribution in [0.3, 0.4) is 0 Å². The number of anilines is 1. The molecule has 1 aromatic rings. The van der Waals surface area contributed by atoms with Crippen molar-refractivity contribution in [1.82, 2.24) is 5.32 Å². The van der Waals surface area contributed by atoms with Crippen LogP contribution in [0.1, 0.15) is 18.4 Å². The van der Waals surface area contributed by atoms with E-state index in [1.165, 1.54) is 5.56 Å². The van der Waals surface area contributed by atoms with Crippen molar-refractivity contribution >= 4 is 21.6 Å². The standard InChI is InChI=1S/C12H17BrN2O/c1-16-12-5-11(6-12)15-7-8-2-9(13)4-10(14)3-8/h2-4,11-12,15H,5-7,14H2,1H3. The molecule has 0 unspecified atom stereocenters. The molecule has 0 saturated heterocycles. The zero-order valence-electron chi connectivity index (χ0n) is 9.37. The van der Waals surface area contributed by atoms with E-state index in [1.807, 2.05) is 12.1 Å². The second-order valence-electron chi connectivity index (χ2n) is 4.30. The molecule has 0 bridgehead atoms. The molecule has 88 valence electrons. The maximum absolute atomic E-state index is 5.78. The molecular formula is C12H17BrN2O. The molecule has 0 spiro atoms. The van der Waals surface area contributed by atoms with Gasteiger partial charge in [0.1, 0.15) is 0 Å². The summed E-state index contributed by atoms with van der Waals surface area (Å²) in [5.74, 6) is 0. The number of hydrogen-bond acceptors (Lipinski definition) is 3. The van der Waals surface area contributed by atoms with Gasteiger partial charge in [0.2, 0.25) is 0 Å². The van der Waals surface area contributed by atoms with Gasteiger partial charge in [-0.05, 0) is 36.6 Å². The van der Waals surface area contributed by atoms with Crippen molar-refractivity contribution in [1.29, 1.82) is 0 Å². The number of nitrogens with two attached hydrogens (primary N) is 1. The van der Waals surface area contributed by atoms with E-state index in [4.69, 9.17) is 10.5 Å². The Kier molecular flexibility index (Phi) is 3.84. The van der Waals surface area contributed by atoms with Gasteiger partial charge in [-0.2, -0.15) is 0 Å². The van der Waals surface area contributed by atoms with E-state index in [1.54, 1.807) is 7.11 Å². The quantitative estimate of drug-likeness (QED) is 0.834. The molecule has 3 N–H and O–H groups in total. The first-order valence-electron chi connectivity index (χ1n) is 5.48. The van der Waals surface area contributed by atoms with Gasteiger partial charge in [0.25, 0.3) is 0 Å². The fraction of sp³-hybridized carbons (Fsp3) is 0.500. The first-order valence-corrected chi connectivity index (χ1v) is 6.28. The van der Waals surface area contributed by atoms with E-state index in [0.29, 0.717) is 12.1 Å². The van der Waals surface area contributed by atoms with E-state index >= 15 is 0 Å². The third kappa shape index (κ3) is 2.97. The van der Waals surface area contributed by atoms with Crippen molar-refractivity contribution in [2.75, 3.05) is 12.8 Å². The highest BCUT2D eigenvalue weighted by atomic mass is 79.9. The molecule has 0 atom stereocenters. The lowest BCUT2D eigenvalue weighted by Crippen LogP contribution is -2.44. The molecule has 2 rings (SSSR count). The molecule has 1 aliphatic rings. The molecule has 0 radical (unpaired) electrons. The Labute approximate surface area is 104 Å². The number of nitrogens with one attached hydrogen (secondary N) is 1. The highest BCUT2D eigenvalue weighted by molar-refractivity contribution is 9.10. The number of nitrogen functional groups attached to an aromatic ring is 1. The van der Waals surface area contributed by atoms with Gasteiger partial charge >= 0.3 is 0 Å². The van der Waals surface area contributed by atoms with Gasteiger partial charge in [-0.25, -0.2) is 0 Å². The van der Waals surface area contributed by atoms with Crippen molar-refractivity contribution in [2.45, 2.75) is 31.5 Å². The third-order valence-corrected chi connectivity index (χ3v) is 3.46. The zero-order valence-corrected chi connectivity index (χ0v) is 11.0. The van der Waals surface area contributed by atoms with E-state index in [2.05, 4.69) is 27.3 Å². The van der Waals surface area contributed by atoms with E-state index in [-0.39, 0.29) is 0 Å². The molecule has 1 aliphatic carbocycles. The summed E-state index contributed by atoms with van der Waals surface area (Å²) in [5, 5.41) is 3.50. The SMILES string of the molecule is COC1CC(NCc2cc(N)cc(Br)c2)C1. The second-order valence-corrected chi connectivity index (χ2v) is 5.22. The molecule has 1 saturated carbocycles. The normalized spacial score (nSPS) is 24.1. The minimum atomic E-state index is 0.449. The lowest BCUT2D eigenvalue weighted by atomic mass is 9.89. The highest BCUT2D eigenvalue weighted by Crippen LogP contribution is 2.23. The molecule has 0 heterocycles. The Bertz CT molecular complexity index is 344. The Morgan fingerprint density at radius 3 is 2.81 bits per heavy atom. The van der Waals surface area contributed by atoms with E-state index in [0.717, 1.165) is 29.5 Å². The van der Waals surface area contributed by atoms with Crippen molar-refractivity contribution in [2.24, 2.45) is 0 Å². The van der Waals surface area contributed by atoms with Crippen LogP contribution >= 0.6 is 15.9 Å². The first-order chi connectivity index (χ1) is 7.67. The van der Waals surface area contributed by atoms with Crippen molar-refractivity contribution in [3.8, 4) is 0 Å². The zero-order chi connectivity index (χ0) is 11.5. The van der Waals surface area contributed by atoms with Gasteiger partial charge in [-0.1, -0.05) is 15.9 Å². The summed E-state index contributed by atoms with van der Waals surface area (Å²) in [6.07, 6.45) is 2.67. The second kappa shape index (κ2) is 5.17. The van der Waals surface area contributed by atoms with Crippen LogP contribution in [-0.2, 0) is 11.3 Å². The first kappa shape index (κ1) is 11.9. The highest BCUT2D eigenvalue weighted by Gasteiger charge is 2.28. The average molecular weight is 285 g/mol. The van der Waals surface area contributed by atoms with E-state index < -0.39 is 0 Å². The number of benzene rings is 1. The fourth-order valence-electron chi connectivity index (χ4n) is 1.96.